The quantitative estimate of drug-likeness (QED) is 0.421. The van der Waals surface area contributed by atoms with Gasteiger partial charge in [-0.1, -0.05) is 78.1 Å². The van der Waals surface area contributed by atoms with Crippen LogP contribution >= 0.6 is 0 Å². The van der Waals surface area contributed by atoms with Gasteiger partial charge in [0.15, 0.2) is 0 Å². The van der Waals surface area contributed by atoms with Crippen molar-refractivity contribution in [2.45, 2.75) is 110 Å². The van der Waals surface area contributed by atoms with Gasteiger partial charge in [0.2, 0.25) is 0 Å². The van der Waals surface area contributed by atoms with Crippen LogP contribution in [0.1, 0.15) is 104 Å². The number of unbranched alkanes of at least 4 members (excludes halogenated alkanes) is 8. The van der Waals surface area contributed by atoms with Crippen LogP contribution in [-0.2, 0) is 0 Å². The van der Waals surface area contributed by atoms with Crippen molar-refractivity contribution < 1.29 is 4.79 Å². The summed E-state index contributed by atoms with van der Waals surface area (Å²) in [5.41, 5.74) is 0. The van der Waals surface area contributed by atoms with Crippen LogP contribution in [0.15, 0.2) is 0 Å². The van der Waals surface area contributed by atoms with Gasteiger partial charge in [0.25, 0.3) is 0 Å². The van der Waals surface area contributed by atoms with Gasteiger partial charge in [0.05, 0.1) is 0 Å². The van der Waals surface area contributed by atoms with Gasteiger partial charge in [-0.05, 0) is 25.7 Å². The molecule has 2 amide bonds. The molecule has 1 heterocycles. The van der Waals surface area contributed by atoms with Gasteiger partial charge < -0.3 is 10.2 Å². The molecule has 1 N–H and O–H groups in total. The third-order valence-corrected chi connectivity index (χ3v) is 5.03. The third-order valence-electron chi connectivity index (χ3n) is 5.03. The van der Waals surface area contributed by atoms with E-state index in [9.17, 15) is 4.79 Å². The monoisotopic (exact) mass is 324 g/mol. The lowest BCUT2D eigenvalue weighted by atomic mass is 10.0. The maximum atomic E-state index is 12.3. The summed E-state index contributed by atoms with van der Waals surface area (Å²) in [4.78, 5) is 14.3. The van der Waals surface area contributed by atoms with Crippen LogP contribution in [0.2, 0.25) is 0 Å². The average Bonchev–Trinajstić information content (AvgIpc) is 3.08. The average molecular weight is 325 g/mol. The number of urea groups is 1. The van der Waals surface area contributed by atoms with E-state index < -0.39 is 0 Å². The number of nitrogens with one attached hydrogen (secondary N) is 1. The highest BCUT2D eigenvalue weighted by molar-refractivity contribution is 5.74. The number of rotatable bonds is 13. The molecule has 1 rings (SSSR count). The standard InChI is InChI=1S/C20H40N2O/c1-3-5-7-9-11-15-19(16-12-10-8-6-4-2)21-20(23)22-17-13-14-18-22/h19H,3-18H2,1-2H3,(H,21,23). The van der Waals surface area contributed by atoms with Crippen molar-refractivity contribution in [3.8, 4) is 0 Å². The van der Waals surface area contributed by atoms with Gasteiger partial charge in [0, 0.05) is 19.1 Å². The molecule has 1 fully saturated rings. The van der Waals surface area contributed by atoms with E-state index in [1.165, 1.54) is 77.0 Å². The van der Waals surface area contributed by atoms with E-state index in [-0.39, 0.29) is 6.03 Å². The molecule has 136 valence electrons. The van der Waals surface area contributed by atoms with Crippen molar-refractivity contribution in [2.75, 3.05) is 13.1 Å². The molecule has 1 aliphatic heterocycles. The first-order valence-corrected chi connectivity index (χ1v) is 10.3. The zero-order valence-corrected chi connectivity index (χ0v) is 15.7. The maximum absolute atomic E-state index is 12.3. The Bertz CT molecular complexity index is 273. The number of likely N-dealkylation sites (tertiary alicyclic amines) is 1. The van der Waals surface area contributed by atoms with E-state index in [4.69, 9.17) is 0 Å². The molecule has 3 heteroatoms. The van der Waals surface area contributed by atoms with E-state index in [0.29, 0.717) is 6.04 Å². The molecule has 0 aromatic heterocycles. The highest BCUT2D eigenvalue weighted by Gasteiger charge is 2.20. The number of carbonyl (C=O) groups excluding carboxylic acids is 1. The van der Waals surface area contributed by atoms with E-state index in [2.05, 4.69) is 19.2 Å². The molecule has 1 aliphatic rings. The van der Waals surface area contributed by atoms with Gasteiger partial charge in [-0.15, -0.1) is 0 Å². The van der Waals surface area contributed by atoms with Crippen molar-refractivity contribution in [3.63, 3.8) is 0 Å². The minimum absolute atomic E-state index is 0.189. The molecule has 0 aromatic carbocycles. The van der Waals surface area contributed by atoms with Crippen molar-refractivity contribution >= 4 is 6.03 Å². The Labute approximate surface area is 144 Å². The summed E-state index contributed by atoms with van der Waals surface area (Å²) in [5, 5.41) is 3.33. The van der Waals surface area contributed by atoms with Gasteiger partial charge in [-0.2, -0.15) is 0 Å². The molecule has 0 saturated carbocycles. The number of amides is 2. The fourth-order valence-electron chi connectivity index (χ4n) is 3.46. The van der Waals surface area contributed by atoms with Crippen molar-refractivity contribution in [1.29, 1.82) is 0 Å². The first-order chi connectivity index (χ1) is 11.3. The predicted molar refractivity (Wildman–Crippen MR) is 99.9 cm³/mol. The first kappa shape index (κ1) is 20.3. The van der Waals surface area contributed by atoms with Crippen molar-refractivity contribution in [1.82, 2.24) is 10.2 Å². The van der Waals surface area contributed by atoms with E-state index >= 15 is 0 Å². The fourth-order valence-corrected chi connectivity index (χ4v) is 3.46. The molecule has 23 heavy (non-hydrogen) atoms. The summed E-state index contributed by atoms with van der Waals surface area (Å²) in [7, 11) is 0. The summed E-state index contributed by atoms with van der Waals surface area (Å²) < 4.78 is 0. The summed E-state index contributed by atoms with van der Waals surface area (Å²) in [5.74, 6) is 0. The Morgan fingerprint density at radius 2 is 1.30 bits per heavy atom. The van der Waals surface area contributed by atoms with Crippen LogP contribution in [0.4, 0.5) is 4.79 Å². The van der Waals surface area contributed by atoms with E-state index in [1.807, 2.05) is 4.90 Å². The molecular weight excluding hydrogens is 284 g/mol. The van der Waals surface area contributed by atoms with Crippen LogP contribution in [0, 0.1) is 0 Å². The minimum Gasteiger partial charge on any atom is -0.335 e. The van der Waals surface area contributed by atoms with Gasteiger partial charge >= 0.3 is 6.03 Å². The third kappa shape index (κ3) is 9.88. The van der Waals surface area contributed by atoms with Crippen molar-refractivity contribution in [2.24, 2.45) is 0 Å². The van der Waals surface area contributed by atoms with Crippen LogP contribution in [-0.4, -0.2) is 30.1 Å². The molecule has 0 aromatic rings. The second-order valence-electron chi connectivity index (χ2n) is 7.25. The molecule has 0 spiro atoms. The van der Waals surface area contributed by atoms with Crippen LogP contribution < -0.4 is 5.32 Å². The molecule has 0 unspecified atom stereocenters. The zero-order chi connectivity index (χ0) is 16.8. The molecular formula is C20H40N2O. The molecule has 0 radical (unpaired) electrons. The second kappa shape index (κ2) is 13.7. The highest BCUT2D eigenvalue weighted by atomic mass is 16.2. The normalized spacial score (nSPS) is 14.7. The zero-order valence-electron chi connectivity index (χ0n) is 15.7. The lowest BCUT2D eigenvalue weighted by Crippen LogP contribution is -2.43. The lowest BCUT2D eigenvalue weighted by Gasteiger charge is -2.23. The largest absolute Gasteiger partial charge is 0.335 e. The molecule has 0 aliphatic carbocycles. The Morgan fingerprint density at radius 1 is 0.826 bits per heavy atom. The van der Waals surface area contributed by atoms with Crippen LogP contribution in [0.5, 0.6) is 0 Å². The number of nitrogens with zero attached hydrogens (tertiary/aromatic N) is 1. The Balaban J connectivity index is 2.26. The maximum Gasteiger partial charge on any atom is 0.317 e. The van der Waals surface area contributed by atoms with Crippen LogP contribution in [0.25, 0.3) is 0 Å². The molecule has 3 nitrogen and oxygen atoms in total. The highest BCUT2D eigenvalue weighted by Crippen LogP contribution is 2.15. The molecule has 1 saturated heterocycles. The number of hydrogen-bond donors (Lipinski definition) is 1. The van der Waals surface area contributed by atoms with Crippen molar-refractivity contribution in [3.05, 3.63) is 0 Å². The lowest BCUT2D eigenvalue weighted by molar-refractivity contribution is 0.202. The van der Waals surface area contributed by atoms with Crippen LogP contribution in [0.3, 0.4) is 0 Å². The summed E-state index contributed by atoms with van der Waals surface area (Å²) in [6.45, 7) is 6.42. The fraction of sp³-hybridized carbons (Fsp3) is 0.950. The van der Waals surface area contributed by atoms with Gasteiger partial charge in [-0.25, -0.2) is 4.79 Å². The topological polar surface area (TPSA) is 32.3 Å². The predicted octanol–water partition coefficient (Wildman–Crippen LogP) is 5.88. The SMILES string of the molecule is CCCCCCCC(CCCCCCC)NC(=O)N1CCCC1. The summed E-state index contributed by atoms with van der Waals surface area (Å²) >= 11 is 0. The van der Waals surface area contributed by atoms with E-state index in [1.54, 1.807) is 0 Å². The Kier molecular flexibility index (Phi) is 12.1. The first-order valence-electron chi connectivity index (χ1n) is 10.3. The summed E-state index contributed by atoms with van der Waals surface area (Å²) in [6, 6.07) is 0.584. The molecule has 0 bridgehead atoms. The molecule has 0 atom stereocenters. The Morgan fingerprint density at radius 3 is 1.78 bits per heavy atom. The second-order valence-corrected chi connectivity index (χ2v) is 7.25. The Hall–Kier alpha value is -0.730. The smallest absolute Gasteiger partial charge is 0.317 e. The van der Waals surface area contributed by atoms with Gasteiger partial charge in [-0.3, -0.25) is 0 Å². The van der Waals surface area contributed by atoms with E-state index in [0.717, 1.165) is 25.9 Å². The number of carbonyl (C=O) groups is 1. The van der Waals surface area contributed by atoms with Gasteiger partial charge in [0.1, 0.15) is 0 Å². The summed E-state index contributed by atoms with van der Waals surface area (Å²) in [6.07, 6.45) is 17.8. The number of hydrogen-bond acceptors (Lipinski definition) is 1. The minimum atomic E-state index is 0.189.